The number of aryl methyl sites for hydroxylation is 1. The number of halogens is 2. The quantitative estimate of drug-likeness (QED) is 0.547. The van der Waals surface area contributed by atoms with Crippen molar-refractivity contribution in [2.45, 2.75) is 19.3 Å². The van der Waals surface area contributed by atoms with Gasteiger partial charge in [0.25, 0.3) is 0 Å². The zero-order chi connectivity index (χ0) is 9.68. The van der Waals surface area contributed by atoms with E-state index in [9.17, 15) is 0 Å². The number of rotatable bonds is 4. The van der Waals surface area contributed by atoms with Gasteiger partial charge in [-0.2, -0.15) is 0 Å². The van der Waals surface area contributed by atoms with E-state index in [-0.39, 0.29) is 0 Å². The average molecular weight is 260 g/mol. The molecule has 0 fully saturated rings. The van der Waals surface area contributed by atoms with Crippen molar-refractivity contribution in [3.63, 3.8) is 0 Å². The van der Waals surface area contributed by atoms with Crippen LogP contribution < -0.4 is 0 Å². The van der Waals surface area contributed by atoms with Gasteiger partial charge < -0.3 is 0 Å². The van der Waals surface area contributed by atoms with E-state index < -0.39 is 0 Å². The fourth-order valence-corrected chi connectivity index (χ4v) is 1.69. The van der Waals surface area contributed by atoms with Crippen molar-refractivity contribution in [2.24, 2.45) is 0 Å². The molecule has 0 heterocycles. The summed E-state index contributed by atoms with van der Waals surface area (Å²) >= 11 is 9.28. The van der Waals surface area contributed by atoms with E-state index in [1.165, 1.54) is 5.56 Å². The molecule has 0 unspecified atom stereocenters. The first kappa shape index (κ1) is 10.8. The molecule has 1 aromatic rings. The molecule has 70 valence electrons. The minimum absolute atomic E-state index is 0.771. The van der Waals surface area contributed by atoms with Crippen LogP contribution in [0.5, 0.6) is 0 Å². The second-order valence-electron chi connectivity index (χ2n) is 2.93. The lowest BCUT2D eigenvalue weighted by atomic mass is 10.1. The Morgan fingerprint density at radius 3 is 2.85 bits per heavy atom. The molecule has 0 saturated heterocycles. The Hall–Kier alpha value is -0.270. The van der Waals surface area contributed by atoms with E-state index in [0.717, 1.165) is 28.8 Å². The van der Waals surface area contributed by atoms with Crippen LogP contribution in [0.2, 0.25) is 5.02 Å². The summed E-state index contributed by atoms with van der Waals surface area (Å²) in [5.41, 5.74) is 1.32. The van der Waals surface area contributed by atoms with Crippen molar-refractivity contribution in [3.8, 4) is 0 Å². The fraction of sp³-hybridized carbons (Fsp3) is 0.273. The topological polar surface area (TPSA) is 0 Å². The minimum atomic E-state index is 0.771. The fourth-order valence-electron chi connectivity index (χ4n) is 1.15. The van der Waals surface area contributed by atoms with Crippen LogP contribution in [-0.2, 0) is 6.42 Å². The highest BCUT2D eigenvalue weighted by atomic mass is 79.9. The smallest absolute Gasteiger partial charge is 0.0548 e. The Bertz CT molecular complexity index is 294. The molecule has 0 atom stereocenters. The van der Waals surface area contributed by atoms with Gasteiger partial charge in [0, 0.05) is 4.47 Å². The first-order valence-corrected chi connectivity index (χ1v) is 5.46. The number of hydrogen-bond donors (Lipinski definition) is 0. The lowest BCUT2D eigenvalue weighted by molar-refractivity contribution is 0.844. The maximum absolute atomic E-state index is 5.88. The molecule has 0 aliphatic rings. The van der Waals surface area contributed by atoms with Gasteiger partial charge in [0.1, 0.15) is 0 Å². The van der Waals surface area contributed by atoms with Gasteiger partial charge in [-0.05, 0) is 52.9 Å². The predicted molar refractivity (Wildman–Crippen MR) is 62.3 cm³/mol. The maximum Gasteiger partial charge on any atom is 0.0548 e. The molecule has 1 rings (SSSR count). The highest BCUT2D eigenvalue weighted by Gasteiger charge is 1.98. The zero-order valence-corrected chi connectivity index (χ0v) is 9.74. The molecule has 0 radical (unpaired) electrons. The average Bonchev–Trinajstić information content (AvgIpc) is 2.12. The Kier molecular flexibility index (Phi) is 4.54. The monoisotopic (exact) mass is 258 g/mol. The Morgan fingerprint density at radius 1 is 1.46 bits per heavy atom. The van der Waals surface area contributed by atoms with E-state index in [0.29, 0.717) is 0 Å². The summed E-state index contributed by atoms with van der Waals surface area (Å²) in [6.45, 7) is 3.69. The van der Waals surface area contributed by atoms with Gasteiger partial charge in [0.15, 0.2) is 0 Å². The van der Waals surface area contributed by atoms with Crippen LogP contribution in [0.4, 0.5) is 0 Å². The van der Waals surface area contributed by atoms with Crippen LogP contribution >= 0.6 is 27.5 Å². The molecule has 0 N–H and O–H groups in total. The Morgan fingerprint density at radius 2 is 2.23 bits per heavy atom. The van der Waals surface area contributed by atoms with Gasteiger partial charge in [-0.3, -0.25) is 0 Å². The molecule has 2 heteroatoms. The molecular formula is C11H12BrCl. The molecule has 0 nitrogen and oxygen atoms in total. The Labute approximate surface area is 92.7 Å². The Balaban J connectivity index is 2.57. The van der Waals surface area contributed by atoms with Crippen molar-refractivity contribution in [3.05, 3.63) is 45.9 Å². The predicted octanol–water partition coefficient (Wildman–Crippen LogP) is 4.61. The zero-order valence-electron chi connectivity index (χ0n) is 7.39. The third-order valence-corrected chi connectivity index (χ3v) is 3.07. The summed E-state index contributed by atoms with van der Waals surface area (Å²) in [5.74, 6) is 0. The van der Waals surface area contributed by atoms with E-state index in [1.54, 1.807) is 0 Å². The first-order chi connectivity index (χ1) is 6.24. The normalized spacial score (nSPS) is 10.0. The van der Waals surface area contributed by atoms with Crippen LogP contribution in [0, 0.1) is 0 Å². The second-order valence-corrected chi connectivity index (χ2v) is 4.19. The van der Waals surface area contributed by atoms with Crippen molar-refractivity contribution >= 4 is 27.5 Å². The van der Waals surface area contributed by atoms with E-state index in [1.807, 2.05) is 12.1 Å². The van der Waals surface area contributed by atoms with E-state index in [4.69, 9.17) is 11.6 Å². The number of benzene rings is 1. The molecule has 0 aromatic heterocycles. The second kappa shape index (κ2) is 5.46. The van der Waals surface area contributed by atoms with Gasteiger partial charge in [-0.25, -0.2) is 0 Å². The van der Waals surface area contributed by atoms with Crippen LogP contribution in [0.25, 0.3) is 0 Å². The SMILES string of the molecule is C=CCCCc1ccc(Cl)c(Br)c1. The van der Waals surface area contributed by atoms with Crippen LogP contribution in [-0.4, -0.2) is 0 Å². The van der Waals surface area contributed by atoms with Gasteiger partial charge >= 0.3 is 0 Å². The highest BCUT2D eigenvalue weighted by molar-refractivity contribution is 9.10. The van der Waals surface area contributed by atoms with Gasteiger partial charge in [-0.1, -0.05) is 23.7 Å². The van der Waals surface area contributed by atoms with Crippen LogP contribution in [0.15, 0.2) is 35.3 Å². The van der Waals surface area contributed by atoms with Gasteiger partial charge in [0.05, 0.1) is 5.02 Å². The third kappa shape index (κ3) is 3.53. The van der Waals surface area contributed by atoms with Crippen molar-refractivity contribution < 1.29 is 0 Å². The highest BCUT2D eigenvalue weighted by Crippen LogP contribution is 2.23. The molecule has 13 heavy (non-hydrogen) atoms. The van der Waals surface area contributed by atoms with Crippen molar-refractivity contribution in [1.29, 1.82) is 0 Å². The lowest BCUT2D eigenvalue weighted by Crippen LogP contribution is -1.84. The summed E-state index contributed by atoms with van der Waals surface area (Å²) < 4.78 is 0.977. The number of unbranched alkanes of at least 4 members (excludes halogenated alkanes) is 1. The molecular weight excluding hydrogens is 247 g/mol. The van der Waals surface area contributed by atoms with Crippen molar-refractivity contribution in [2.75, 3.05) is 0 Å². The lowest BCUT2D eigenvalue weighted by Gasteiger charge is -2.01. The van der Waals surface area contributed by atoms with Crippen LogP contribution in [0.1, 0.15) is 18.4 Å². The summed E-state index contributed by atoms with van der Waals surface area (Å²) in [7, 11) is 0. The minimum Gasteiger partial charge on any atom is -0.103 e. The maximum atomic E-state index is 5.88. The van der Waals surface area contributed by atoms with Gasteiger partial charge in [-0.15, -0.1) is 6.58 Å². The number of hydrogen-bond acceptors (Lipinski definition) is 0. The third-order valence-electron chi connectivity index (χ3n) is 1.86. The molecule has 0 saturated carbocycles. The summed E-state index contributed by atoms with van der Waals surface area (Å²) in [4.78, 5) is 0. The van der Waals surface area contributed by atoms with Crippen molar-refractivity contribution in [1.82, 2.24) is 0 Å². The van der Waals surface area contributed by atoms with E-state index >= 15 is 0 Å². The number of allylic oxidation sites excluding steroid dienone is 1. The van der Waals surface area contributed by atoms with E-state index in [2.05, 4.69) is 34.6 Å². The summed E-state index contributed by atoms with van der Waals surface area (Å²) in [6, 6.07) is 6.07. The molecule has 0 aliphatic carbocycles. The van der Waals surface area contributed by atoms with Gasteiger partial charge in [0.2, 0.25) is 0 Å². The molecule has 0 aliphatic heterocycles. The molecule has 0 spiro atoms. The molecule has 0 amide bonds. The standard InChI is InChI=1S/C11H12BrCl/c1-2-3-4-5-9-6-7-11(13)10(12)8-9/h2,6-8H,1,3-5H2. The largest absolute Gasteiger partial charge is 0.103 e. The van der Waals surface area contributed by atoms with Crippen LogP contribution in [0.3, 0.4) is 0 Å². The molecule has 0 bridgehead atoms. The summed E-state index contributed by atoms with van der Waals surface area (Å²) in [5, 5.41) is 0.771. The first-order valence-electron chi connectivity index (χ1n) is 4.29. The summed E-state index contributed by atoms with van der Waals surface area (Å²) in [6.07, 6.45) is 5.25. The molecule has 1 aromatic carbocycles.